The number of rotatable bonds is 5. The summed E-state index contributed by atoms with van der Waals surface area (Å²) in [7, 11) is 0. The van der Waals surface area contributed by atoms with Gasteiger partial charge in [-0.15, -0.1) is 0 Å². The van der Waals surface area contributed by atoms with E-state index in [1.54, 1.807) is 35.5 Å². The smallest absolute Gasteiger partial charge is 0.259 e. The van der Waals surface area contributed by atoms with Crippen LogP contribution >= 0.6 is 0 Å². The van der Waals surface area contributed by atoms with Crippen molar-refractivity contribution in [2.75, 3.05) is 16.8 Å². The molecule has 1 aromatic heterocycles. The Morgan fingerprint density at radius 2 is 1.76 bits per heavy atom. The number of aromatic nitrogens is 1. The number of pyridine rings is 1. The summed E-state index contributed by atoms with van der Waals surface area (Å²) in [6, 6.07) is 17.3. The fraction of sp³-hybridized carbons (Fsp3) is 0.100. The van der Waals surface area contributed by atoms with E-state index in [1.807, 2.05) is 37.3 Å². The topological polar surface area (TPSA) is 45.2 Å². The number of nitrogens with one attached hydrogen (secondary N) is 1. The Balaban J connectivity index is 1.82. The zero-order valence-electron chi connectivity index (χ0n) is 13.8. The number of hydrogen-bond acceptors (Lipinski definition) is 3. The predicted octanol–water partition coefficient (Wildman–Crippen LogP) is 4.63. The Morgan fingerprint density at radius 1 is 1.04 bits per heavy atom. The summed E-state index contributed by atoms with van der Waals surface area (Å²) in [5, 5.41) is 3.12. The van der Waals surface area contributed by atoms with E-state index >= 15 is 0 Å². The average Bonchev–Trinajstić information content (AvgIpc) is 2.65. The van der Waals surface area contributed by atoms with Crippen molar-refractivity contribution in [3.63, 3.8) is 0 Å². The molecule has 0 spiro atoms. The Kier molecular flexibility index (Phi) is 5.04. The van der Waals surface area contributed by atoms with Gasteiger partial charge in [0.05, 0.1) is 17.4 Å². The summed E-state index contributed by atoms with van der Waals surface area (Å²) in [5.41, 5.74) is 2.72. The van der Waals surface area contributed by atoms with Crippen LogP contribution in [0.15, 0.2) is 73.1 Å². The van der Waals surface area contributed by atoms with Gasteiger partial charge in [-0.05, 0) is 49.4 Å². The lowest BCUT2D eigenvalue weighted by Gasteiger charge is -2.21. The van der Waals surface area contributed by atoms with Crippen LogP contribution in [0, 0.1) is 5.82 Å². The fourth-order valence-corrected chi connectivity index (χ4v) is 2.53. The molecule has 4 nitrogen and oxygen atoms in total. The minimum absolute atomic E-state index is 0.121. The van der Waals surface area contributed by atoms with Gasteiger partial charge in [-0.1, -0.05) is 18.2 Å². The predicted molar refractivity (Wildman–Crippen MR) is 97.7 cm³/mol. The van der Waals surface area contributed by atoms with Crippen molar-refractivity contribution in [2.24, 2.45) is 0 Å². The van der Waals surface area contributed by atoms with Gasteiger partial charge < -0.3 is 10.2 Å². The van der Waals surface area contributed by atoms with Gasteiger partial charge in [0.2, 0.25) is 0 Å². The molecule has 3 rings (SSSR count). The third-order valence-corrected chi connectivity index (χ3v) is 3.75. The molecule has 5 heteroatoms. The van der Waals surface area contributed by atoms with Crippen LogP contribution in [0.25, 0.3) is 0 Å². The number of para-hydroxylation sites is 1. The Morgan fingerprint density at radius 3 is 2.44 bits per heavy atom. The number of carbonyl (C=O) groups is 1. The highest BCUT2D eigenvalue weighted by atomic mass is 19.1. The summed E-state index contributed by atoms with van der Waals surface area (Å²) >= 11 is 0. The van der Waals surface area contributed by atoms with Crippen molar-refractivity contribution < 1.29 is 9.18 Å². The zero-order chi connectivity index (χ0) is 17.6. The minimum Gasteiger partial charge on any atom is -0.354 e. The normalized spacial score (nSPS) is 10.3. The molecule has 0 unspecified atom stereocenters. The molecule has 0 aliphatic rings. The summed E-state index contributed by atoms with van der Waals surface area (Å²) in [4.78, 5) is 18.7. The molecule has 0 saturated carbocycles. The quantitative estimate of drug-likeness (QED) is 0.739. The molecule has 0 radical (unpaired) electrons. The molecule has 3 aromatic rings. The molecule has 1 heterocycles. The molecule has 0 bridgehead atoms. The lowest BCUT2D eigenvalue weighted by molar-refractivity contribution is 0.0988. The first-order valence-electron chi connectivity index (χ1n) is 8.02. The standard InChI is InChI=1S/C20H18FN3O/c1-2-24(19-6-4-3-5-7-19)20(25)15-12-18(14-22-13-15)23-17-10-8-16(21)9-11-17/h3-14,23H,2H2,1H3. The molecule has 0 aliphatic carbocycles. The van der Waals surface area contributed by atoms with E-state index in [2.05, 4.69) is 10.3 Å². The van der Waals surface area contributed by atoms with Gasteiger partial charge in [-0.2, -0.15) is 0 Å². The van der Waals surface area contributed by atoms with Crippen molar-refractivity contribution in [3.8, 4) is 0 Å². The maximum Gasteiger partial charge on any atom is 0.259 e. The first kappa shape index (κ1) is 16.6. The number of hydrogen-bond donors (Lipinski definition) is 1. The van der Waals surface area contributed by atoms with E-state index in [0.717, 1.165) is 11.4 Å². The second kappa shape index (κ2) is 7.57. The average molecular weight is 335 g/mol. The van der Waals surface area contributed by atoms with Crippen molar-refractivity contribution >= 4 is 23.0 Å². The number of benzene rings is 2. The maximum atomic E-state index is 13.0. The number of halogens is 1. The van der Waals surface area contributed by atoms with Crippen molar-refractivity contribution in [2.45, 2.75) is 6.92 Å². The van der Waals surface area contributed by atoms with Gasteiger partial charge in [-0.25, -0.2) is 4.39 Å². The summed E-state index contributed by atoms with van der Waals surface area (Å²) < 4.78 is 13.0. The molecule has 0 atom stereocenters. The third-order valence-electron chi connectivity index (χ3n) is 3.75. The molecule has 0 fully saturated rings. The van der Waals surface area contributed by atoms with Gasteiger partial charge >= 0.3 is 0 Å². The number of nitrogens with zero attached hydrogens (tertiary/aromatic N) is 2. The van der Waals surface area contributed by atoms with Crippen LogP contribution in [0.2, 0.25) is 0 Å². The lowest BCUT2D eigenvalue weighted by atomic mass is 10.2. The van der Waals surface area contributed by atoms with Crippen LogP contribution in [0.5, 0.6) is 0 Å². The highest BCUT2D eigenvalue weighted by molar-refractivity contribution is 6.06. The minimum atomic E-state index is -0.297. The summed E-state index contributed by atoms with van der Waals surface area (Å²) in [5.74, 6) is -0.419. The molecule has 126 valence electrons. The summed E-state index contributed by atoms with van der Waals surface area (Å²) in [6.07, 6.45) is 3.17. The van der Waals surface area contributed by atoms with Crippen LogP contribution in [-0.4, -0.2) is 17.4 Å². The Hall–Kier alpha value is -3.21. The second-order valence-corrected chi connectivity index (χ2v) is 5.48. The first-order valence-corrected chi connectivity index (χ1v) is 8.02. The lowest BCUT2D eigenvalue weighted by Crippen LogP contribution is -2.30. The van der Waals surface area contributed by atoms with E-state index in [1.165, 1.54) is 12.1 Å². The fourth-order valence-electron chi connectivity index (χ4n) is 2.53. The second-order valence-electron chi connectivity index (χ2n) is 5.48. The van der Waals surface area contributed by atoms with Gasteiger partial charge in [0.1, 0.15) is 5.82 Å². The Labute approximate surface area is 145 Å². The molecule has 1 N–H and O–H groups in total. The van der Waals surface area contributed by atoms with Gasteiger partial charge in [0.15, 0.2) is 0 Å². The maximum absolute atomic E-state index is 13.0. The van der Waals surface area contributed by atoms with E-state index in [4.69, 9.17) is 0 Å². The summed E-state index contributed by atoms with van der Waals surface area (Å²) in [6.45, 7) is 2.48. The van der Waals surface area contributed by atoms with Crippen molar-refractivity contribution in [1.29, 1.82) is 0 Å². The monoisotopic (exact) mass is 335 g/mol. The third kappa shape index (κ3) is 4.01. The van der Waals surface area contributed by atoms with Crippen LogP contribution in [0.3, 0.4) is 0 Å². The number of amides is 1. The van der Waals surface area contributed by atoms with Crippen LogP contribution < -0.4 is 10.2 Å². The number of anilines is 3. The van der Waals surface area contributed by atoms with E-state index in [-0.39, 0.29) is 11.7 Å². The van der Waals surface area contributed by atoms with Crippen molar-refractivity contribution in [3.05, 3.63) is 84.4 Å². The SMILES string of the molecule is CCN(C(=O)c1cncc(Nc2ccc(F)cc2)c1)c1ccccc1. The highest BCUT2D eigenvalue weighted by Crippen LogP contribution is 2.20. The molecule has 0 aliphatic heterocycles. The van der Waals surface area contributed by atoms with Crippen LogP contribution in [0.1, 0.15) is 17.3 Å². The molecule has 0 saturated heterocycles. The molecular weight excluding hydrogens is 317 g/mol. The highest BCUT2D eigenvalue weighted by Gasteiger charge is 2.16. The largest absolute Gasteiger partial charge is 0.354 e. The van der Waals surface area contributed by atoms with E-state index in [9.17, 15) is 9.18 Å². The van der Waals surface area contributed by atoms with Gasteiger partial charge in [0.25, 0.3) is 5.91 Å². The van der Waals surface area contributed by atoms with Crippen LogP contribution in [-0.2, 0) is 0 Å². The molecule has 1 amide bonds. The number of carbonyl (C=O) groups excluding carboxylic acids is 1. The van der Waals surface area contributed by atoms with Crippen molar-refractivity contribution in [1.82, 2.24) is 4.98 Å². The Bertz CT molecular complexity index is 850. The molecule has 25 heavy (non-hydrogen) atoms. The van der Waals surface area contributed by atoms with E-state index < -0.39 is 0 Å². The van der Waals surface area contributed by atoms with Gasteiger partial charge in [-0.3, -0.25) is 9.78 Å². The first-order chi connectivity index (χ1) is 12.2. The molecule has 2 aromatic carbocycles. The van der Waals surface area contributed by atoms with Crippen LogP contribution in [0.4, 0.5) is 21.5 Å². The molecular formula is C20H18FN3O. The van der Waals surface area contributed by atoms with Gasteiger partial charge in [0, 0.05) is 24.1 Å². The zero-order valence-corrected chi connectivity index (χ0v) is 13.8. The van der Waals surface area contributed by atoms with E-state index in [0.29, 0.717) is 17.8 Å².